The Morgan fingerprint density at radius 1 is 1.15 bits per heavy atom. The van der Waals surface area contributed by atoms with Crippen LogP contribution in [0.5, 0.6) is 5.75 Å². The van der Waals surface area contributed by atoms with Crippen molar-refractivity contribution in [3.8, 4) is 17.1 Å². The maximum absolute atomic E-state index is 12.7. The van der Waals surface area contributed by atoms with Gasteiger partial charge in [0.1, 0.15) is 5.75 Å². The number of hydrogen-bond donors (Lipinski definition) is 2. The van der Waals surface area contributed by atoms with Gasteiger partial charge in [-0.3, -0.25) is 15.2 Å². The van der Waals surface area contributed by atoms with Crippen molar-refractivity contribution in [3.63, 3.8) is 0 Å². The predicted molar refractivity (Wildman–Crippen MR) is 87.8 cm³/mol. The van der Waals surface area contributed by atoms with Crippen LogP contribution in [0.2, 0.25) is 0 Å². The molecule has 6 nitrogen and oxygen atoms in total. The maximum atomic E-state index is 12.7. The molecule has 26 heavy (non-hydrogen) atoms. The second kappa shape index (κ2) is 6.87. The molecular formula is C17H13F3N4O2. The number of benzene rings is 2. The lowest BCUT2D eigenvalue weighted by molar-refractivity contribution is -0.137. The van der Waals surface area contributed by atoms with Crippen molar-refractivity contribution in [1.82, 2.24) is 15.2 Å². The monoisotopic (exact) mass is 362 g/mol. The van der Waals surface area contributed by atoms with Crippen molar-refractivity contribution in [2.24, 2.45) is 0 Å². The van der Waals surface area contributed by atoms with Crippen molar-refractivity contribution in [1.29, 1.82) is 0 Å². The smallest absolute Gasteiger partial charge is 0.416 e. The van der Waals surface area contributed by atoms with Crippen LogP contribution in [0, 0.1) is 0 Å². The van der Waals surface area contributed by atoms with E-state index in [4.69, 9.17) is 4.74 Å². The van der Waals surface area contributed by atoms with Crippen LogP contribution >= 0.6 is 0 Å². The highest BCUT2D eigenvalue weighted by atomic mass is 19.4. The highest BCUT2D eigenvalue weighted by Crippen LogP contribution is 2.29. The number of rotatable bonds is 4. The van der Waals surface area contributed by atoms with Crippen LogP contribution in [-0.4, -0.2) is 28.2 Å². The Morgan fingerprint density at radius 2 is 1.88 bits per heavy atom. The standard InChI is InChI=1S/C17H13F3N4O2/c1-26-13-7-5-10(6-8-13)14-21-16(24-23-14)22-15(25)11-3-2-4-12(9-11)17(18,19)20/h2-9H,1H3,(H2,21,22,23,24,25). The van der Waals surface area contributed by atoms with Gasteiger partial charge in [-0.25, -0.2) is 0 Å². The van der Waals surface area contributed by atoms with E-state index in [0.717, 1.165) is 12.1 Å². The first-order valence-electron chi connectivity index (χ1n) is 7.42. The molecule has 1 aromatic heterocycles. The molecule has 2 N–H and O–H groups in total. The van der Waals surface area contributed by atoms with Gasteiger partial charge >= 0.3 is 6.18 Å². The number of amides is 1. The van der Waals surface area contributed by atoms with Crippen LogP contribution in [0.25, 0.3) is 11.4 Å². The van der Waals surface area contributed by atoms with Gasteiger partial charge in [0, 0.05) is 11.1 Å². The van der Waals surface area contributed by atoms with Gasteiger partial charge in [-0.15, -0.1) is 5.10 Å². The number of H-pyrrole nitrogens is 1. The van der Waals surface area contributed by atoms with Crippen molar-refractivity contribution in [2.45, 2.75) is 6.18 Å². The molecule has 1 amide bonds. The second-order valence-electron chi connectivity index (χ2n) is 5.27. The lowest BCUT2D eigenvalue weighted by Crippen LogP contribution is -2.14. The summed E-state index contributed by atoms with van der Waals surface area (Å²) in [5.41, 5.74) is -0.340. The van der Waals surface area contributed by atoms with Crippen molar-refractivity contribution in [3.05, 3.63) is 59.7 Å². The quantitative estimate of drug-likeness (QED) is 0.741. The molecule has 0 spiro atoms. The number of ether oxygens (including phenoxy) is 1. The zero-order valence-corrected chi connectivity index (χ0v) is 13.5. The van der Waals surface area contributed by atoms with Gasteiger partial charge in [0.05, 0.1) is 12.7 Å². The van der Waals surface area contributed by atoms with Crippen LogP contribution < -0.4 is 10.1 Å². The van der Waals surface area contributed by atoms with Crippen LogP contribution in [0.4, 0.5) is 19.1 Å². The molecule has 0 aliphatic rings. The van der Waals surface area contributed by atoms with Gasteiger partial charge in [-0.05, 0) is 42.5 Å². The third kappa shape index (κ3) is 3.82. The topological polar surface area (TPSA) is 79.9 Å². The van der Waals surface area contributed by atoms with Crippen LogP contribution in [-0.2, 0) is 6.18 Å². The highest BCUT2D eigenvalue weighted by molar-refractivity contribution is 6.03. The first kappa shape index (κ1) is 17.5. The van der Waals surface area contributed by atoms with E-state index >= 15 is 0 Å². The molecule has 3 rings (SSSR count). The van der Waals surface area contributed by atoms with E-state index in [2.05, 4.69) is 20.5 Å². The SMILES string of the molecule is COc1ccc(-c2nc(NC(=O)c3cccc(C(F)(F)F)c3)n[nH]2)cc1. The Kier molecular flexibility index (Phi) is 4.61. The summed E-state index contributed by atoms with van der Waals surface area (Å²) in [6.45, 7) is 0. The second-order valence-corrected chi connectivity index (χ2v) is 5.27. The molecule has 0 saturated heterocycles. The molecule has 9 heteroatoms. The molecule has 0 atom stereocenters. The van der Waals surface area contributed by atoms with Gasteiger partial charge in [0.15, 0.2) is 5.82 Å². The summed E-state index contributed by atoms with van der Waals surface area (Å²) in [6.07, 6.45) is -4.53. The summed E-state index contributed by atoms with van der Waals surface area (Å²) in [5.74, 6) is 0.285. The number of carbonyl (C=O) groups is 1. The fraction of sp³-hybridized carbons (Fsp3) is 0.118. The number of nitrogens with zero attached hydrogens (tertiary/aromatic N) is 2. The fourth-order valence-electron chi connectivity index (χ4n) is 2.21. The molecule has 0 saturated carbocycles. The van der Waals surface area contributed by atoms with Crippen LogP contribution in [0.3, 0.4) is 0 Å². The Labute approximate surface area is 146 Å². The summed E-state index contributed by atoms with van der Waals surface area (Å²) in [7, 11) is 1.55. The average Bonchev–Trinajstić information content (AvgIpc) is 3.09. The average molecular weight is 362 g/mol. The van der Waals surface area contributed by atoms with E-state index in [1.807, 2.05) is 0 Å². The molecule has 3 aromatic rings. The summed E-state index contributed by atoms with van der Waals surface area (Å²) in [5, 5.41) is 8.87. The highest BCUT2D eigenvalue weighted by Gasteiger charge is 2.31. The Hall–Kier alpha value is -3.36. The number of alkyl halides is 3. The summed E-state index contributed by atoms with van der Waals surface area (Å²) >= 11 is 0. The van der Waals surface area contributed by atoms with E-state index in [1.165, 1.54) is 12.1 Å². The van der Waals surface area contributed by atoms with Gasteiger partial charge in [0.25, 0.3) is 5.91 Å². The van der Waals surface area contributed by atoms with E-state index in [0.29, 0.717) is 17.1 Å². The Morgan fingerprint density at radius 3 is 2.54 bits per heavy atom. The van der Waals surface area contributed by atoms with Crippen molar-refractivity contribution < 1.29 is 22.7 Å². The van der Waals surface area contributed by atoms with E-state index < -0.39 is 17.6 Å². The number of aromatic amines is 1. The van der Waals surface area contributed by atoms with Crippen molar-refractivity contribution in [2.75, 3.05) is 12.4 Å². The normalized spacial score (nSPS) is 11.2. The zero-order chi connectivity index (χ0) is 18.7. The first-order chi connectivity index (χ1) is 12.4. The number of methoxy groups -OCH3 is 1. The molecule has 0 radical (unpaired) electrons. The molecule has 134 valence electrons. The molecule has 0 aliphatic carbocycles. The Balaban J connectivity index is 1.75. The van der Waals surface area contributed by atoms with Crippen LogP contribution in [0.15, 0.2) is 48.5 Å². The molecule has 1 heterocycles. The van der Waals surface area contributed by atoms with Gasteiger partial charge in [-0.2, -0.15) is 18.2 Å². The number of anilines is 1. The molecule has 2 aromatic carbocycles. The minimum absolute atomic E-state index is 0.0433. The summed E-state index contributed by atoms with van der Waals surface area (Å²) in [6, 6.07) is 11.1. The minimum atomic E-state index is -4.53. The molecule has 0 aliphatic heterocycles. The Bertz CT molecular complexity index is 920. The largest absolute Gasteiger partial charge is 0.497 e. The minimum Gasteiger partial charge on any atom is -0.497 e. The maximum Gasteiger partial charge on any atom is 0.416 e. The van der Waals surface area contributed by atoms with Gasteiger partial charge in [-0.1, -0.05) is 6.07 Å². The van der Waals surface area contributed by atoms with E-state index in [1.54, 1.807) is 31.4 Å². The number of aromatic nitrogens is 3. The first-order valence-corrected chi connectivity index (χ1v) is 7.42. The third-order valence-corrected chi connectivity index (χ3v) is 3.53. The number of halogens is 3. The molecule has 0 fully saturated rings. The number of hydrogen-bond acceptors (Lipinski definition) is 4. The lowest BCUT2D eigenvalue weighted by atomic mass is 10.1. The zero-order valence-electron chi connectivity index (χ0n) is 13.5. The summed E-state index contributed by atoms with van der Waals surface area (Å²) in [4.78, 5) is 16.2. The predicted octanol–water partition coefficient (Wildman–Crippen LogP) is 3.75. The van der Waals surface area contributed by atoms with E-state index in [9.17, 15) is 18.0 Å². The molecular weight excluding hydrogens is 349 g/mol. The van der Waals surface area contributed by atoms with E-state index in [-0.39, 0.29) is 11.5 Å². The molecule has 0 unspecified atom stereocenters. The number of nitrogens with one attached hydrogen (secondary N) is 2. The van der Waals surface area contributed by atoms with Gasteiger partial charge in [0.2, 0.25) is 5.95 Å². The fourth-order valence-corrected chi connectivity index (χ4v) is 2.21. The van der Waals surface area contributed by atoms with Crippen molar-refractivity contribution >= 4 is 11.9 Å². The number of carbonyl (C=O) groups excluding carboxylic acids is 1. The lowest BCUT2D eigenvalue weighted by Gasteiger charge is -2.08. The third-order valence-electron chi connectivity index (χ3n) is 3.53. The summed E-state index contributed by atoms with van der Waals surface area (Å²) < 4.78 is 43.3. The molecule has 0 bridgehead atoms. The van der Waals surface area contributed by atoms with Crippen LogP contribution in [0.1, 0.15) is 15.9 Å². The van der Waals surface area contributed by atoms with Gasteiger partial charge < -0.3 is 4.74 Å².